The third kappa shape index (κ3) is 7.71. The fraction of sp³-hybridized carbons (Fsp3) is 0.714. The second kappa shape index (κ2) is 9.90. The van der Waals surface area contributed by atoms with Gasteiger partial charge in [-0.1, -0.05) is 0 Å². The number of carbonyl (C=O) groups is 4. The zero-order chi connectivity index (χ0) is 17.2. The molecule has 1 amide bonds. The molecule has 9 nitrogen and oxygen atoms in total. The van der Waals surface area contributed by atoms with E-state index in [1.165, 1.54) is 6.92 Å². The number of rotatable bonds is 9. The minimum absolute atomic E-state index is 0.0272. The Hall–Kier alpha value is -2.00. The van der Waals surface area contributed by atoms with E-state index in [2.05, 4.69) is 10.6 Å². The van der Waals surface area contributed by atoms with Crippen LogP contribution in [0.15, 0.2) is 0 Å². The van der Waals surface area contributed by atoms with Crippen LogP contribution in [0.4, 0.5) is 0 Å². The van der Waals surface area contributed by atoms with Crippen molar-refractivity contribution in [3.63, 3.8) is 0 Å². The molecule has 0 unspecified atom stereocenters. The van der Waals surface area contributed by atoms with E-state index in [1.807, 2.05) is 0 Å². The molecule has 0 aromatic carbocycles. The average molecular weight is 330 g/mol. The molecule has 23 heavy (non-hydrogen) atoms. The van der Waals surface area contributed by atoms with Crippen molar-refractivity contribution in [2.24, 2.45) is 0 Å². The fourth-order valence-electron chi connectivity index (χ4n) is 1.85. The minimum atomic E-state index is -0.697. The molecule has 1 heterocycles. The number of carbonyl (C=O) groups excluding carboxylic acids is 4. The van der Waals surface area contributed by atoms with Gasteiger partial charge in [-0.25, -0.2) is 0 Å². The van der Waals surface area contributed by atoms with Gasteiger partial charge in [0, 0.05) is 12.8 Å². The van der Waals surface area contributed by atoms with Gasteiger partial charge in [0.05, 0.1) is 19.8 Å². The predicted molar refractivity (Wildman–Crippen MR) is 77.4 cm³/mol. The van der Waals surface area contributed by atoms with Gasteiger partial charge >= 0.3 is 11.9 Å². The Bertz CT molecular complexity index is 452. The lowest BCUT2D eigenvalue weighted by Crippen LogP contribution is -2.39. The molecular formula is C14H22N2O7. The van der Waals surface area contributed by atoms with Gasteiger partial charge in [0.25, 0.3) is 0 Å². The third-order valence-electron chi connectivity index (χ3n) is 3.00. The Balaban J connectivity index is 2.30. The highest BCUT2D eigenvalue weighted by Crippen LogP contribution is 2.14. The summed E-state index contributed by atoms with van der Waals surface area (Å²) in [5, 5.41) is 5.02. The van der Waals surface area contributed by atoms with E-state index in [0.717, 1.165) is 0 Å². The van der Waals surface area contributed by atoms with Gasteiger partial charge in [0.15, 0.2) is 12.2 Å². The largest absolute Gasteiger partial charge is 0.455 e. The van der Waals surface area contributed by atoms with E-state index in [0.29, 0.717) is 0 Å². The maximum Gasteiger partial charge on any atom is 0.325 e. The smallest absolute Gasteiger partial charge is 0.325 e. The Morgan fingerprint density at radius 2 is 1.57 bits per heavy atom. The summed E-state index contributed by atoms with van der Waals surface area (Å²) in [6, 6.07) is 0. The maximum atomic E-state index is 11.7. The van der Waals surface area contributed by atoms with Crippen molar-refractivity contribution < 1.29 is 33.4 Å². The summed E-state index contributed by atoms with van der Waals surface area (Å²) in [4.78, 5) is 45.2. The molecule has 0 spiro atoms. The highest BCUT2D eigenvalue weighted by atomic mass is 16.6. The standard InChI is InChI=1S/C14H22N2O7/c1-9(17)3-4-12(18)16-6-14(20)23-11-8-21-7-10(11)22-13(19)5-15-2/h10-11,15H,3-8H2,1-2H3,(H,16,18)/t10-,11+/m1/s1. The molecule has 1 rings (SSSR count). The number of ketones is 1. The first-order valence-corrected chi connectivity index (χ1v) is 7.29. The van der Waals surface area contributed by atoms with Crippen LogP contribution in [-0.4, -0.2) is 69.2 Å². The molecule has 1 aliphatic heterocycles. The summed E-state index contributed by atoms with van der Waals surface area (Å²) in [6.45, 7) is 1.39. The summed E-state index contributed by atoms with van der Waals surface area (Å²) in [7, 11) is 1.61. The van der Waals surface area contributed by atoms with Crippen molar-refractivity contribution in [2.45, 2.75) is 32.0 Å². The van der Waals surface area contributed by atoms with Crippen LogP contribution in [0.1, 0.15) is 19.8 Å². The summed E-state index contributed by atoms with van der Waals surface area (Å²) in [5.74, 6) is -1.64. The predicted octanol–water partition coefficient (Wildman–Crippen LogP) is -1.45. The molecule has 1 fully saturated rings. The van der Waals surface area contributed by atoms with E-state index < -0.39 is 30.1 Å². The number of Topliss-reactive ketones (excluding diaryl/α,β-unsaturated/α-hetero) is 1. The van der Waals surface area contributed by atoms with Gasteiger partial charge < -0.3 is 29.6 Å². The van der Waals surface area contributed by atoms with Gasteiger partial charge in [0.2, 0.25) is 5.91 Å². The van der Waals surface area contributed by atoms with Gasteiger partial charge in [-0.3, -0.25) is 14.4 Å². The first-order valence-electron chi connectivity index (χ1n) is 7.29. The van der Waals surface area contributed by atoms with Crippen molar-refractivity contribution >= 4 is 23.6 Å². The lowest BCUT2D eigenvalue weighted by molar-refractivity contribution is -0.162. The zero-order valence-corrected chi connectivity index (χ0v) is 13.3. The molecule has 0 saturated carbocycles. The van der Waals surface area contributed by atoms with E-state index in [4.69, 9.17) is 14.2 Å². The van der Waals surface area contributed by atoms with Crippen LogP contribution in [0.5, 0.6) is 0 Å². The number of nitrogens with one attached hydrogen (secondary N) is 2. The van der Waals surface area contributed by atoms with E-state index in [-0.39, 0.29) is 44.9 Å². The van der Waals surface area contributed by atoms with Crippen molar-refractivity contribution in [1.82, 2.24) is 10.6 Å². The number of amides is 1. The van der Waals surface area contributed by atoms with Crippen molar-refractivity contribution in [2.75, 3.05) is 33.4 Å². The summed E-state index contributed by atoms with van der Waals surface area (Å²) in [5.41, 5.74) is 0. The quantitative estimate of drug-likeness (QED) is 0.493. The number of likely N-dealkylation sites (N-methyl/N-ethyl adjacent to an activating group) is 1. The normalized spacial score (nSPS) is 19.9. The molecule has 0 aliphatic carbocycles. The second-order valence-electron chi connectivity index (χ2n) is 5.10. The Labute approximate surface area is 134 Å². The van der Waals surface area contributed by atoms with Crippen molar-refractivity contribution in [3.8, 4) is 0 Å². The first-order chi connectivity index (χ1) is 10.9. The lowest BCUT2D eigenvalue weighted by atomic mass is 10.2. The van der Waals surface area contributed by atoms with E-state index in [9.17, 15) is 19.2 Å². The number of ether oxygens (including phenoxy) is 3. The second-order valence-corrected chi connectivity index (χ2v) is 5.10. The van der Waals surface area contributed by atoms with Crippen molar-refractivity contribution in [1.29, 1.82) is 0 Å². The summed E-state index contributed by atoms with van der Waals surface area (Å²) < 4.78 is 15.4. The van der Waals surface area contributed by atoms with Crippen molar-refractivity contribution in [3.05, 3.63) is 0 Å². The monoisotopic (exact) mass is 330 g/mol. The molecule has 1 aliphatic rings. The third-order valence-corrected chi connectivity index (χ3v) is 3.00. The summed E-state index contributed by atoms with van der Waals surface area (Å²) in [6.07, 6.45) is -1.20. The molecule has 0 bridgehead atoms. The molecule has 2 N–H and O–H groups in total. The number of hydrogen-bond acceptors (Lipinski definition) is 8. The fourth-order valence-corrected chi connectivity index (χ4v) is 1.85. The maximum absolute atomic E-state index is 11.7. The Morgan fingerprint density at radius 3 is 2.09 bits per heavy atom. The van der Waals surface area contributed by atoms with Crippen LogP contribution < -0.4 is 10.6 Å². The molecule has 1 saturated heterocycles. The highest BCUT2D eigenvalue weighted by Gasteiger charge is 2.34. The first kappa shape index (κ1) is 19.0. The Morgan fingerprint density at radius 1 is 1.00 bits per heavy atom. The summed E-state index contributed by atoms with van der Waals surface area (Å²) >= 11 is 0. The highest BCUT2D eigenvalue weighted by molar-refractivity contribution is 5.85. The topological polar surface area (TPSA) is 120 Å². The van der Waals surface area contributed by atoms with Crippen LogP contribution in [0.3, 0.4) is 0 Å². The van der Waals surface area contributed by atoms with Crippen LogP contribution >= 0.6 is 0 Å². The van der Waals surface area contributed by atoms with Gasteiger partial charge in [-0.2, -0.15) is 0 Å². The number of hydrogen-bond donors (Lipinski definition) is 2. The molecule has 0 aromatic rings. The molecular weight excluding hydrogens is 308 g/mol. The molecule has 0 aromatic heterocycles. The van der Waals surface area contributed by atoms with Gasteiger partial charge in [-0.15, -0.1) is 0 Å². The lowest BCUT2D eigenvalue weighted by Gasteiger charge is -2.18. The molecule has 130 valence electrons. The molecule has 0 radical (unpaired) electrons. The van der Waals surface area contributed by atoms with Crippen LogP contribution in [0.2, 0.25) is 0 Å². The van der Waals surface area contributed by atoms with Crippen LogP contribution in [-0.2, 0) is 33.4 Å². The SMILES string of the molecule is CNCC(=O)O[C@@H]1COC[C@@H]1OC(=O)CNC(=O)CCC(C)=O. The van der Waals surface area contributed by atoms with Gasteiger partial charge in [-0.05, 0) is 14.0 Å². The molecule has 2 atom stereocenters. The van der Waals surface area contributed by atoms with E-state index >= 15 is 0 Å². The van der Waals surface area contributed by atoms with Gasteiger partial charge in [0.1, 0.15) is 12.3 Å². The molecule has 9 heteroatoms. The van der Waals surface area contributed by atoms with Crippen LogP contribution in [0, 0.1) is 0 Å². The Kier molecular flexibility index (Phi) is 8.20. The average Bonchev–Trinajstić information content (AvgIpc) is 2.90. The van der Waals surface area contributed by atoms with Crippen LogP contribution in [0.25, 0.3) is 0 Å². The number of esters is 2. The minimum Gasteiger partial charge on any atom is -0.455 e. The zero-order valence-electron chi connectivity index (χ0n) is 13.3. The van der Waals surface area contributed by atoms with E-state index in [1.54, 1.807) is 7.05 Å².